The molecular formula is C24H16ClN3O2S. The zero-order valence-corrected chi connectivity index (χ0v) is 17.8. The predicted octanol–water partition coefficient (Wildman–Crippen LogP) is 6.50. The first kappa shape index (κ1) is 19.5. The third kappa shape index (κ3) is 4.50. The fraction of sp³-hybridized carbons (Fsp3) is 0.0417. The number of hydrogen-bond acceptors (Lipinski definition) is 6. The molecule has 7 heteroatoms. The number of para-hydroxylation sites is 1. The van der Waals surface area contributed by atoms with Crippen molar-refractivity contribution in [2.75, 3.05) is 0 Å². The van der Waals surface area contributed by atoms with Crippen molar-refractivity contribution >= 4 is 44.8 Å². The minimum Gasteiger partial charge on any atom is -0.486 e. The summed E-state index contributed by atoms with van der Waals surface area (Å²) in [5, 5.41) is 9.52. The van der Waals surface area contributed by atoms with Gasteiger partial charge >= 0.3 is 0 Å². The molecule has 2 heterocycles. The summed E-state index contributed by atoms with van der Waals surface area (Å²) in [5.74, 6) is 1.21. The molecule has 0 saturated heterocycles. The molecule has 2 aromatic heterocycles. The number of rotatable bonds is 6. The SMILES string of the molecule is Clc1ccc(C=C(c2ccc(OCc3nc4ccccc4s3)cc2)c2nnco2)cc1. The Labute approximate surface area is 187 Å². The normalized spacial score (nSPS) is 11.7. The quantitative estimate of drug-likeness (QED) is 0.279. The molecule has 5 aromatic rings. The predicted molar refractivity (Wildman–Crippen MR) is 123 cm³/mol. The molecule has 0 aliphatic rings. The second-order valence-corrected chi connectivity index (χ2v) is 8.29. The van der Waals surface area contributed by atoms with E-state index in [9.17, 15) is 0 Å². The molecule has 5 nitrogen and oxygen atoms in total. The lowest BCUT2D eigenvalue weighted by molar-refractivity contribution is 0.306. The van der Waals surface area contributed by atoms with E-state index in [0.717, 1.165) is 37.7 Å². The highest BCUT2D eigenvalue weighted by Gasteiger charge is 2.12. The Kier molecular flexibility index (Phi) is 5.48. The smallest absolute Gasteiger partial charge is 0.248 e. The van der Waals surface area contributed by atoms with E-state index in [2.05, 4.69) is 21.2 Å². The Hall–Kier alpha value is -3.48. The van der Waals surface area contributed by atoms with Gasteiger partial charge in [-0.05, 0) is 53.6 Å². The van der Waals surface area contributed by atoms with Crippen LogP contribution in [0.3, 0.4) is 0 Å². The molecule has 0 saturated carbocycles. The second-order valence-electron chi connectivity index (χ2n) is 6.74. The zero-order valence-electron chi connectivity index (χ0n) is 16.2. The molecule has 31 heavy (non-hydrogen) atoms. The van der Waals surface area contributed by atoms with Gasteiger partial charge in [-0.3, -0.25) is 0 Å². The van der Waals surface area contributed by atoms with Crippen LogP contribution in [0.5, 0.6) is 5.75 Å². The zero-order chi connectivity index (χ0) is 21.0. The average Bonchev–Trinajstić information content (AvgIpc) is 3.47. The van der Waals surface area contributed by atoms with Gasteiger partial charge in [0, 0.05) is 10.6 Å². The topological polar surface area (TPSA) is 61.0 Å². The van der Waals surface area contributed by atoms with Gasteiger partial charge in [0.25, 0.3) is 0 Å². The maximum Gasteiger partial charge on any atom is 0.248 e. The lowest BCUT2D eigenvalue weighted by Gasteiger charge is -2.07. The Balaban J connectivity index is 1.36. The first-order chi connectivity index (χ1) is 15.2. The van der Waals surface area contributed by atoms with Gasteiger partial charge in [-0.25, -0.2) is 4.98 Å². The molecule has 152 valence electrons. The molecule has 0 amide bonds. The van der Waals surface area contributed by atoms with Gasteiger partial charge < -0.3 is 9.15 Å². The summed E-state index contributed by atoms with van der Waals surface area (Å²) in [7, 11) is 0. The lowest BCUT2D eigenvalue weighted by Crippen LogP contribution is -1.95. The summed E-state index contributed by atoms with van der Waals surface area (Å²) in [6, 6.07) is 23.4. The van der Waals surface area contributed by atoms with Crippen molar-refractivity contribution < 1.29 is 9.15 Å². The third-order valence-corrected chi connectivity index (χ3v) is 5.90. The van der Waals surface area contributed by atoms with E-state index in [0.29, 0.717) is 17.5 Å². The van der Waals surface area contributed by atoms with Crippen molar-refractivity contribution in [2.24, 2.45) is 0 Å². The van der Waals surface area contributed by atoms with Crippen LogP contribution < -0.4 is 4.74 Å². The highest BCUT2D eigenvalue weighted by Crippen LogP contribution is 2.28. The molecule has 5 rings (SSSR count). The van der Waals surface area contributed by atoms with E-state index in [-0.39, 0.29) is 0 Å². The summed E-state index contributed by atoms with van der Waals surface area (Å²) in [5.41, 5.74) is 3.73. The number of benzene rings is 3. The number of thiazole rings is 1. The molecule has 0 spiro atoms. The molecule has 0 atom stereocenters. The van der Waals surface area contributed by atoms with Gasteiger partial charge in [0.15, 0.2) is 0 Å². The van der Waals surface area contributed by atoms with Gasteiger partial charge in [0.1, 0.15) is 17.4 Å². The molecule has 3 aromatic carbocycles. The van der Waals surface area contributed by atoms with Gasteiger partial charge in [-0.1, -0.05) is 48.0 Å². The van der Waals surface area contributed by atoms with Crippen LogP contribution in [-0.2, 0) is 6.61 Å². The van der Waals surface area contributed by atoms with Crippen molar-refractivity contribution in [1.82, 2.24) is 15.2 Å². The van der Waals surface area contributed by atoms with Crippen LogP contribution in [-0.4, -0.2) is 15.2 Å². The number of fused-ring (bicyclic) bond motifs is 1. The Morgan fingerprint density at radius 2 is 1.81 bits per heavy atom. The van der Waals surface area contributed by atoms with Crippen LogP contribution in [0.4, 0.5) is 0 Å². The minimum atomic E-state index is 0.426. The highest BCUT2D eigenvalue weighted by molar-refractivity contribution is 7.18. The fourth-order valence-electron chi connectivity index (χ4n) is 3.14. The van der Waals surface area contributed by atoms with E-state index in [1.54, 1.807) is 11.3 Å². The van der Waals surface area contributed by atoms with Crippen molar-refractivity contribution in [3.05, 3.63) is 106 Å². The Bertz CT molecular complexity index is 1290. The summed E-state index contributed by atoms with van der Waals surface area (Å²) >= 11 is 7.64. The standard InChI is InChI=1S/C24H16ClN3O2S/c25-18-9-5-16(6-10-18)13-20(24-28-26-15-30-24)17-7-11-19(12-8-17)29-14-23-27-21-3-1-2-4-22(21)31-23/h1-13,15H,14H2. The van der Waals surface area contributed by atoms with E-state index < -0.39 is 0 Å². The van der Waals surface area contributed by atoms with E-state index >= 15 is 0 Å². The van der Waals surface area contributed by atoms with Gasteiger partial charge in [-0.15, -0.1) is 21.5 Å². The average molecular weight is 446 g/mol. The summed E-state index contributed by atoms with van der Waals surface area (Å²) < 4.78 is 12.6. The Morgan fingerprint density at radius 3 is 2.55 bits per heavy atom. The lowest BCUT2D eigenvalue weighted by atomic mass is 10.0. The molecule has 0 aliphatic heterocycles. The molecular weight excluding hydrogens is 430 g/mol. The van der Waals surface area contributed by atoms with Crippen molar-refractivity contribution in [3.8, 4) is 5.75 Å². The Morgan fingerprint density at radius 1 is 1.00 bits per heavy atom. The van der Waals surface area contributed by atoms with Crippen LogP contribution >= 0.6 is 22.9 Å². The maximum atomic E-state index is 6.00. The summed E-state index contributed by atoms with van der Waals surface area (Å²) in [4.78, 5) is 4.61. The molecule has 0 unspecified atom stereocenters. The van der Waals surface area contributed by atoms with Gasteiger partial charge in [0.2, 0.25) is 12.3 Å². The highest BCUT2D eigenvalue weighted by atomic mass is 35.5. The van der Waals surface area contributed by atoms with Crippen molar-refractivity contribution in [2.45, 2.75) is 6.61 Å². The van der Waals surface area contributed by atoms with Crippen LogP contribution in [0.1, 0.15) is 22.0 Å². The molecule has 0 N–H and O–H groups in total. The van der Waals surface area contributed by atoms with E-state index in [4.69, 9.17) is 20.8 Å². The van der Waals surface area contributed by atoms with Gasteiger partial charge in [-0.2, -0.15) is 0 Å². The monoisotopic (exact) mass is 445 g/mol. The number of nitrogens with zero attached hydrogens (tertiary/aromatic N) is 3. The number of halogens is 1. The summed E-state index contributed by atoms with van der Waals surface area (Å²) in [6.07, 6.45) is 3.31. The molecule has 0 bridgehead atoms. The van der Waals surface area contributed by atoms with E-state index in [1.807, 2.05) is 72.8 Å². The van der Waals surface area contributed by atoms with Crippen LogP contribution in [0, 0.1) is 0 Å². The van der Waals surface area contributed by atoms with E-state index in [1.165, 1.54) is 6.39 Å². The minimum absolute atomic E-state index is 0.426. The van der Waals surface area contributed by atoms with Crippen LogP contribution in [0.15, 0.2) is 83.6 Å². The third-order valence-electron chi connectivity index (χ3n) is 4.64. The van der Waals surface area contributed by atoms with Crippen molar-refractivity contribution in [1.29, 1.82) is 0 Å². The first-order valence-corrected chi connectivity index (χ1v) is 10.8. The molecule has 0 radical (unpaired) electrons. The fourth-order valence-corrected chi connectivity index (χ4v) is 4.15. The largest absolute Gasteiger partial charge is 0.486 e. The van der Waals surface area contributed by atoms with Gasteiger partial charge in [0.05, 0.1) is 10.2 Å². The van der Waals surface area contributed by atoms with Crippen LogP contribution in [0.25, 0.3) is 21.9 Å². The molecule has 0 fully saturated rings. The first-order valence-electron chi connectivity index (χ1n) is 9.56. The van der Waals surface area contributed by atoms with Crippen LogP contribution in [0.2, 0.25) is 5.02 Å². The number of aromatic nitrogens is 3. The second kappa shape index (κ2) is 8.71. The summed E-state index contributed by atoms with van der Waals surface area (Å²) in [6.45, 7) is 0.426. The number of ether oxygens (including phenoxy) is 1. The maximum absolute atomic E-state index is 6.00. The number of hydrogen-bond donors (Lipinski definition) is 0. The van der Waals surface area contributed by atoms with Crippen molar-refractivity contribution in [3.63, 3.8) is 0 Å². The molecule has 0 aliphatic carbocycles.